The third-order valence-corrected chi connectivity index (χ3v) is 3.77. The molecule has 6 nitrogen and oxygen atoms in total. The highest BCUT2D eigenvalue weighted by Crippen LogP contribution is 2.19. The first kappa shape index (κ1) is 18.2. The van der Waals surface area contributed by atoms with Crippen molar-refractivity contribution >= 4 is 23.3 Å². The number of halogens is 2. The molecule has 0 bridgehead atoms. The summed E-state index contributed by atoms with van der Waals surface area (Å²) in [6, 6.07) is 14.0. The van der Waals surface area contributed by atoms with Gasteiger partial charge in [-0.25, -0.2) is 13.5 Å². The molecule has 0 unspecified atom stereocenters. The number of aromatic nitrogens is 2. The molecule has 0 spiro atoms. The molecule has 3 rings (SSSR count). The molecule has 0 aliphatic heterocycles. The molecule has 1 heterocycles. The van der Waals surface area contributed by atoms with Gasteiger partial charge in [-0.3, -0.25) is 9.59 Å². The van der Waals surface area contributed by atoms with Gasteiger partial charge in [0.05, 0.1) is 6.42 Å². The zero-order chi connectivity index (χ0) is 19.4. The Morgan fingerprint density at radius 1 is 1.00 bits per heavy atom. The van der Waals surface area contributed by atoms with Crippen LogP contribution in [0.2, 0.25) is 0 Å². The fourth-order valence-corrected chi connectivity index (χ4v) is 2.46. The van der Waals surface area contributed by atoms with Gasteiger partial charge >= 0.3 is 0 Å². The van der Waals surface area contributed by atoms with E-state index < -0.39 is 29.1 Å². The van der Waals surface area contributed by atoms with E-state index in [9.17, 15) is 18.4 Å². The number of hydrogen-bond acceptors (Lipinski definition) is 3. The molecule has 8 heteroatoms. The zero-order valence-corrected chi connectivity index (χ0v) is 14.4. The van der Waals surface area contributed by atoms with Crippen LogP contribution in [0.4, 0.5) is 20.3 Å². The second-order valence-electron chi connectivity index (χ2n) is 5.81. The molecule has 0 atom stereocenters. The normalized spacial score (nSPS) is 10.5. The molecule has 0 aliphatic rings. The lowest BCUT2D eigenvalue weighted by atomic mass is 10.1. The molecule has 0 fully saturated rings. The largest absolute Gasteiger partial charge is 0.320 e. The summed E-state index contributed by atoms with van der Waals surface area (Å²) >= 11 is 0. The molecule has 1 aromatic heterocycles. The Labute approximate surface area is 153 Å². The number of rotatable bonds is 5. The van der Waals surface area contributed by atoms with E-state index in [-0.39, 0.29) is 12.2 Å². The number of amides is 2. The monoisotopic (exact) mass is 370 g/mol. The van der Waals surface area contributed by atoms with E-state index in [1.54, 1.807) is 24.3 Å². The molecule has 2 aromatic carbocycles. The van der Waals surface area contributed by atoms with Crippen LogP contribution in [0.15, 0.2) is 54.6 Å². The molecular weight excluding hydrogens is 354 g/mol. The van der Waals surface area contributed by atoms with Gasteiger partial charge in [-0.05, 0) is 29.8 Å². The lowest BCUT2D eigenvalue weighted by Gasteiger charge is -2.05. The topological polar surface area (TPSA) is 76.0 Å². The number of nitrogens with zero attached hydrogens (tertiary/aromatic N) is 2. The molecular formula is C19H16F2N4O2. The first-order valence-corrected chi connectivity index (χ1v) is 8.07. The van der Waals surface area contributed by atoms with Crippen molar-refractivity contribution < 1.29 is 18.4 Å². The van der Waals surface area contributed by atoms with Crippen molar-refractivity contribution in [2.75, 3.05) is 10.6 Å². The Morgan fingerprint density at radius 3 is 2.33 bits per heavy atom. The molecule has 138 valence electrons. The first-order valence-electron chi connectivity index (χ1n) is 8.07. The summed E-state index contributed by atoms with van der Waals surface area (Å²) in [5.41, 5.74) is 0.588. The van der Waals surface area contributed by atoms with Crippen molar-refractivity contribution in [3.63, 3.8) is 0 Å². The lowest BCUT2D eigenvalue weighted by molar-refractivity contribution is -0.115. The van der Waals surface area contributed by atoms with Crippen molar-refractivity contribution in [1.29, 1.82) is 0 Å². The summed E-state index contributed by atoms with van der Waals surface area (Å²) < 4.78 is 28.6. The fourth-order valence-electron chi connectivity index (χ4n) is 2.46. The molecule has 3 aromatic rings. The second-order valence-corrected chi connectivity index (χ2v) is 5.81. The predicted octanol–water partition coefficient (Wildman–Crippen LogP) is 3.13. The van der Waals surface area contributed by atoms with Crippen molar-refractivity contribution in [1.82, 2.24) is 9.78 Å². The van der Waals surface area contributed by atoms with Gasteiger partial charge in [0.15, 0.2) is 17.3 Å². The van der Waals surface area contributed by atoms with Gasteiger partial charge in [-0.1, -0.05) is 30.3 Å². The Kier molecular flexibility index (Phi) is 5.25. The molecule has 0 aliphatic carbocycles. The molecule has 2 amide bonds. The summed E-state index contributed by atoms with van der Waals surface area (Å²) in [4.78, 5) is 24.4. The molecule has 0 saturated heterocycles. The van der Waals surface area contributed by atoms with Crippen molar-refractivity contribution in [2.24, 2.45) is 7.05 Å². The number of aryl methyl sites for hydroxylation is 1. The number of nitrogens with one attached hydrogen (secondary N) is 2. The van der Waals surface area contributed by atoms with E-state index >= 15 is 0 Å². The number of anilines is 2. The maximum absolute atomic E-state index is 14.6. The van der Waals surface area contributed by atoms with Crippen LogP contribution in [0.5, 0.6) is 0 Å². The number of carbonyl (C=O) groups is 2. The van der Waals surface area contributed by atoms with Crippen molar-refractivity contribution in [2.45, 2.75) is 6.42 Å². The average Bonchev–Trinajstić information content (AvgIpc) is 2.93. The van der Waals surface area contributed by atoms with Crippen LogP contribution in [0.25, 0.3) is 0 Å². The number of hydrogen-bond donors (Lipinski definition) is 2. The van der Waals surface area contributed by atoms with Crippen molar-refractivity contribution in [3.05, 3.63) is 77.5 Å². The van der Waals surface area contributed by atoms with Crippen LogP contribution in [-0.2, 0) is 18.3 Å². The number of carbonyl (C=O) groups excluding carboxylic acids is 2. The Bertz CT molecular complexity index is 969. The predicted molar refractivity (Wildman–Crippen MR) is 96.3 cm³/mol. The first-order chi connectivity index (χ1) is 12.9. The molecule has 27 heavy (non-hydrogen) atoms. The third-order valence-electron chi connectivity index (χ3n) is 3.77. The standard InChI is InChI=1S/C19H16F2N4O2/c1-25-18(23-15(26)11-12-5-3-2-4-6-12)16(21)17(24-25)19(27)22-14-9-7-13(20)8-10-14/h2-10H,11H2,1H3,(H,22,27)(H,23,26). The highest BCUT2D eigenvalue weighted by atomic mass is 19.1. The van der Waals surface area contributed by atoms with Gasteiger partial charge in [0, 0.05) is 12.7 Å². The maximum atomic E-state index is 14.6. The van der Waals surface area contributed by atoms with Gasteiger partial charge in [0.2, 0.25) is 5.91 Å². The summed E-state index contributed by atoms with van der Waals surface area (Å²) in [7, 11) is 1.41. The van der Waals surface area contributed by atoms with Gasteiger partial charge in [-0.15, -0.1) is 0 Å². The van der Waals surface area contributed by atoms with Crippen LogP contribution in [0, 0.1) is 11.6 Å². The summed E-state index contributed by atoms with van der Waals surface area (Å²) in [6.45, 7) is 0. The third kappa shape index (κ3) is 4.35. The average molecular weight is 370 g/mol. The van der Waals surface area contributed by atoms with Gasteiger partial charge in [-0.2, -0.15) is 5.10 Å². The smallest absolute Gasteiger partial charge is 0.279 e. The maximum Gasteiger partial charge on any atom is 0.279 e. The van der Waals surface area contributed by atoms with Crippen LogP contribution in [0.1, 0.15) is 16.1 Å². The van der Waals surface area contributed by atoms with Crippen molar-refractivity contribution in [3.8, 4) is 0 Å². The van der Waals surface area contributed by atoms with Crippen LogP contribution in [-0.4, -0.2) is 21.6 Å². The second kappa shape index (κ2) is 7.77. The Balaban J connectivity index is 1.72. The van der Waals surface area contributed by atoms with E-state index in [1.165, 1.54) is 31.3 Å². The summed E-state index contributed by atoms with van der Waals surface area (Å²) in [6.07, 6.45) is 0.0581. The van der Waals surface area contributed by atoms with E-state index in [4.69, 9.17) is 0 Å². The molecule has 2 N–H and O–H groups in total. The van der Waals surface area contributed by atoms with Crippen LogP contribution in [0.3, 0.4) is 0 Å². The summed E-state index contributed by atoms with van der Waals surface area (Å²) in [5.74, 6) is -2.86. The van der Waals surface area contributed by atoms with Gasteiger partial charge < -0.3 is 10.6 Å². The quantitative estimate of drug-likeness (QED) is 0.725. The van der Waals surface area contributed by atoms with E-state index in [2.05, 4.69) is 15.7 Å². The minimum atomic E-state index is -0.946. The van der Waals surface area contributed by atoms with Crippen LogP contribution >= 0.6 is 0 Å². The van der Waals surface area contributed by atoms with Crippen LogP contribution < -0.4 is 10.6 Å². The zero-order valence-electron chi connectivity index (χ0n) is 14.4. The lowest BCUT2D eigenvalue weighted by Crippen LogP contribution is -2.17. The fraction of sp³-hybridized carbons (Fsp3) is 0.105. The van der Waals surface area contributed by atoms with Gasteiger partial charge in [0.1, 0.15) is 5.82 Å². The number of benzene rings is 2. The highest BCUT2D eigenvalue weighted by molar-refractivity contribution is 6.04. The summed E-state index contributed by atoms with van der Waals surface area (Å²) in [5, 5.41) is 8.68. The minimum Gasteiger partial charge on any atom is -0.320 e. The minimum absolute atomic E-state index is 0.0581. The Hall–Kier alpha value is -3.55. The molecule has 0 radical (unpaired) electrons. The highest BCUT2D eigenvalue weighted by Gasteiger charge is 2.23. The molecule has 0 saturated carbocycles. The van der Waals surface area contributed by atoms with E-state index in [1.807, 2.05) is 6.07 Å². The SMILES string of the molecule is Cn1nc(C(=O)Nc2ccc(F)cc2)c(F)c1NC(=O)Cc1ccccc1. The Morgan fingerprint density at radius 2 is 1.67 bits per heavy atom. The van der Waals surface area contributed by atoms with E-state index in [0.717, 1.165) is 10.2 Å². The van der Waals surface area contributed by atoms with Gasteiger partial charge in [0.25, 0.3) is 5.91 Å². The van der Waals surface area contributed by atoms with E-state index in [0.29, 0.717) is 5.69 Å².